The van der Waals surface area contributed by atoms with Gasteiger partial charge < -0.3 is 15.0 Å². The third-order valence-electron chi connectivity index (χ3n) is 3.38. The molecule has 1 amide bonds. The van der Waals surface area contributed by atoms with E-state index in [0.717, 1.165) is 18.7 Å². The molecule has 114 valence electrons. The van der Waals surface area contributed by atoms with Crippen molar-refractivity contribution in [3.63, 3.8) is 0 Å². The van der Waals surface area contributed by atoms with Gasteiger partial charge in [-0.15, -0.1) is 0 Å². The molecule has 0 radical (unpaired) electrons. The number of rotatable bonds is 4. The smallest absolute Gasteiger partial charge is 0.251 e. The number of carbonyl (C=O) groups is 1. The Kier molecular flexibility index (Phi) is 4.55. The number of anilines is 1. The van der Waals surface area contributed by atoms with Gasteiger partial charge in [-0.05, 0) is 12.1 Å². The monoisotopic (exact) mass is 299 g/mol. The van der Waals surface area contributed by atoms with Gasteiger partial charge in [0.15, 0.2) is 0 Å². The quantitative estimate of drug-likeness (QED) is 0.892. The maximum atomic E-state index is 11.9. The highest BCUT2D eigenvalue weighted by Gasteiger charge is 2.13. The first-order chi connectivity index (χ1) is 10.8. The molecule has 0 aromatic carbocycles. The Morgan fingerprint density at radius 1 is 1.18 bits per heavy atom. The van der Waals surface area contributed by atoms with Crippen LogP contribution in [-0.2, 0) is 11.3 Å². The molecule has 7 nitrogen and oxygen atoms in total. The van der Waals surface area contributed by atoms with Crippen molar-refractivity contribution < 1.29 is 9.53 Å². The van der Waals surface area contributed by atoms with Crippen LogP contribution in [0.1, 0.15) is 15.9 Å². The molecule has 1 N–H and O–H groups in total. The van der Waals surface area contributed by atoms with E-state index in [1.54, 1.807) is 36.9 Å². The van der Waals surface area contributed by atoms with Gasteiger partial charge in [-0.2, -0.15) is 0 Å². The van der Waals surface area contributed by atoms with Gasteiger partial charge in [-0.1, -0.05) is 0 Å². The number of pyridine rings is 1. The van der Waals surface area contributed by atoms with Crippen molar-refractivity contribution in [1.29, 1.82) is 0 Å². The second-order valence-corrected chi connectivity index (χ2v) is 4.91. The summed E-state index contributed by atoms with van der Waals surface area (Å²) < 4.78 is 5.30. The Morgan fingerprint density at radius 2 is 1.86 bits per heavy atom. The normalized spacial score (nSPS) is 14.6. The largest absolute Gasteiger partial charge is 0.378 e. The molecule has 3 rings (SSSR count). The topological polar surface area (TPSA) is 80.2 Å². The average Bonchev–Trinajstić information content (AvgIpc) is 2.61. The van der Waals surface area contributed by atoms with Crippen molar-refractivity contribution in [3.05, 3.63) is 48.0 Å². The van der Waals surface area contributed by atoms with Gasteiger partial charge in [0.1, 0.15) is 0 Å². The van der Waals surface area contributed by atoms with E-state index in [2.05, 4.69) is 25.2 Å². The molecule has 0 spiro atoms. The minimum atomic E-state index is -0.139. The Hall–Kier alpha value is -2.54. The van der Waals surface area contributed by atoms with Crippen molar-refractivity contribution in [3.8, 4) is 0 Å². The molecule has 22 heavy (non-hydrogen) atoms. The number of aromatic nitrogens is 3. The van der Waals surface area contributed by atoms with E-state index < -0.39 is 0 Å². The third-order valence-corrected chi connectivity index (χ3v) is 3.38. The summed E-state index contributed by atoms with van der Waals surface area (Å²) in [6, 6.07) is 3.35. The Labute approximate surface area is 128 Å². The molecule has 1 fully saturated rings. The highest BCUT2D eigenvalue weighted by Crippen LogP contribution is 2.09. The van der Waals surface area contributed by atoms with Crippen molar-refractivity contribution in [2.75, 3.05) is 31.2 Å². The molecule has 0 atom stereocenters. The summed E-state index contributed by atoms with van der Waals surface area (Å²) in [5.41, 5.74) is 1.44. The first-order valence-corrected chi connectivity index (χ1v) is 7.15. The molecule has 0 unspecified atom stereocenters. The van der Waals surface area contributed by atoms with Gasteiger partial charge >= 0.3 is 0 Å². The fourth-order valence-corrected chi connectivity index (χ4v) is 2.15. The number of morpholine rings is 1. The van der Waals surface area contributed by atoms with Gasteiger partial charge in [0.25, 0.3) is 5.91 Å². The Morgan fingerprint density at radius 3 is 2.55 bits per heavy atom. The van der Waals surface area contributed by atoms with E-state index >= 15 is 0 Å². The van der Waals surface area contributed by atoms with Gasteiger partial charge in [-0.25, -0.2) is 9.97 Å². The molecule has 2 aromatic heterocycles. The number of hydrogen-bond donors (Lipinski definition) is 1. The third kappa shape index (κ3) is 3.56. The van der Waals surface area contributed by atoms with Crippen molar-refractivity contribution in [2.45, 2.75) is 6.54 Å². The SMILES string of the molecule is O=C(NCc1cnc(N2CCOCC2)nc1)c1ccncc1. The predicted octanol–water partition coefficient (Wildman–Crippen LogP) is 0.638. The van der Waals surface area contributed by atoms with Crippen LogP contribution in [0.3, 0.4) is 0 Å². The number of hydrogen-bond acceptors (Lipinski definition) is 6. The summed E-state index contributed by atoms with van der Waals surface area (Å²) in [6.45, 7) is 3.40. The maximum Gasteiger partial charge on any atom is 0.251 e. The summed E-state index contributed by atoms with van der Waals surface area (Å²) in [4.78, 5) is 26.6. The van der Waals surface area contributed by atoms with Crippen molar-refractivity contribution in [2.24, 2.45) is 0 Å². The van der Waals surface area contributed by atoms with Crippen LogP contribution in [0.15, 0.2) is 36.9 Å². The first-order valence-electron chi connectivity index (χ1n) is 7.15. The molecule has 7 heteroatoms. The molecule has 1 saturated heterocycles. The second-order valence-electron chi connectivity index (χ2n) is 4.91. The molecule has 0 saturated carbocycles. The lowest BCUT2D eigenvalue weighted by atomic mass is 10.2. The van der Waals surface area contributed by atoms with Crippen LogP contribution in [0.5, 0.6) is 0 Å². The number of nitrogens with one attached hydrogen (secondary N) is 1. The molecule has 1 aliphatic heterocycles. The molecular formula is C15H17N5O2. The summed E-state index contributed by atoms with van der Waals surface area (Å²) in [7, 11) is 0. The highest BCUT2D eigenvalue weighted by atomic mass is 16.5. The lowest BCUT2D eigenvalue weighted by Gasteiger charge is -2.26. The van der Waals surface area contributed by atoms with Crippen LogP contribution in [0.2, 0.25) is 0 Å². The van der Waals surface area contributed by atoms with Gasteiger partial charge in [-0.3, -0.25) is 9.78 Å². The van der Waals surface area contributed by atoms with Gasteiger partial charge in [0.05, 0.1) is 13.2 Å². The first kappa shape index (κ1) is 14.4. The second kappa shape index (κ2) is 6.95. The lowest BCUT2D eigenvalue weighted by Crippen LogP contribution is -2.37. The van der Waals surface area contributed by atoms with Crippen LogP contribution in [-0.4, -0.2) is 47.2 Å². The van der Waals surface area contributed by atoms with E-state index in [9.17, 15) is 4.79 Å². The van der Waals surface area contributed by atoms with E-state index in [1.165, 1.54) is 0 Å². The Bertz CT molecular complexity index is 612. The zero-order valence-corrected chi connectivity index (χ0v) is 12.1. The minimum absolute atomic E-state index is 0.139. The number of ether oxygens (including phenoxy) is 1. The van der Waals surface area contributed by atoms with E-state index in [4.69, 9.17) is 4.74 Å². The molecule has 1 aliphatic rings. The summed E-state index contributed by atoms with van der Waals surface area (Å²) >= 11 is 0. The van der Waals surface area contributed by atoms with Gasteiger partial charge in [0, 0.05) is 55.5 Å². The predicted molar refractivity (Wildman–Crippen MR) is 80.5 cm³/mol. The number of amides is 1. The number of carbonyl (C=O) groups excluding carboxylic acids is 1. The molecule has 0 bridgehead atoms. The average molecular weight is 299 g/mol. The molecular weight excluding hydrogens is 282 g/mol. The van der Waals surface area contributed by atoms with Crippen LogP contribution < -0.4 is 10.2 Å². The minimum Gasteiger partial charge on any atom is -0.378 e. The summed E-state index contributed by atoms with van der Waals surface area (Å²) in [5, 5.41) is 2.83. The van der Waals surface area contributed by atoms with Crippen LogP contribution in [0.4, 0.5) is 5.95 Å². The van der Waals surface area contributed by atoms with Gasteiger partial charge in [0.2, 0.25) is 5.95 Å². The fraction of sp³-hybridized carbons (Fsp3) is 0.333. The van der Waals surface area contributed by atoms with Crippen LogP contribution in [0.25, 0.3) is 0 Å². The Balaban J connectivity index is 1.56. The zero-order chi connectivity index (χ0) is 15.2. The highest BCUT2D eigenvalue weighted by molar-refractivity contribution is 5.93. The maximum absolute atomic E-state index is 11.9. The van der Waals surface area contributed by atoms with Crippen LogP contribution >= 0.6 is 0 Å². The lowest BCUT2D eigenvalue weighted by molar-refractivity contribution is 0.0950. The van der Waals surface area contributed by atoms with E-state index in [-0.39, 0.29) is 5.91 Å². The molecule has 3 heterocycles. The summed E-state index contributed by atoms with van der Waals surface area (Å²) in [6.07, 6.45) is 6.67. The van der Waals surface area contributed by atoms with E-state index in [0.29, 0.717) is 31.3 Å². The summed E-state index contributed by atoms with van der Waals surface area (Å²) in [5.74, 6) is 0.562. The fourth-order valence-electron chi connectivity index (χ4n) is 2.15. The standard InChI is InChI=1S/C15H17N5O2/c21-14(13-1-3-16-4-2-13)17-9-12-10-18-15(19-11-12)20-5-7-22-8-6-20/h1-4,10-11H,5-9H2,(H,17,21). The molecule has 0 aliphatic carbocycles. The number of nitrogens with zero attached hydrogens (tertiary/aromatic N) is 4. The van der Waals surface area contributed by atoms with E-state index in [1.807, 2.05) is 0 Å². The van der Waals surface area contributed by atoms with Crippen molar-refractivity contribution >= 4 is 11.9 Å². The van der Waals surface area contributed by atoms with Crippen molar-refractivity contribution in [1.82, 2.24) is 20.3 Å². The molecule has 2 aromatic rings. The van der Waals surface area contributed by atoms with Crippen LogP contribution in [0, 0.1) is 0 Å². The zero-order valence-electron chi connectivity index (χ0n) is 12.1.